The van der Waals surface area contributed by atoms with Gasteiger partial charge >= 0.3 is 0 Å². The first kappa shape index (κ1) is 24.9. The summed E-state index contributed by atoms with van der Waals surface area (Å²) in [6.45, 7) is 0. The average molecular weight is 569 g/mol. The number of hydrogen-bond donors (Lipinski definition) is 0. The zero-order valence-electron chi connectivity index (χ0n) is 24.1. The van der Waals surface area contributed by atoms with Crippen LogP contribution < -0.4 is 0 Å². The molecule has 0 fully saturated rings. The molecule has 44 heavy (non-hydrogen) atoms. The van der Waals surface area contributed by atoms with Gasteiger partial charge in [0, 0.05) is 51.1 Å². The standard InChI is InChI=1S/C38H28N6/c1-4-12-25(13-5-1)36-40-37(26-14-6-2-7-15-26)42-38(41-36)44-32-19-11-10-18-28(32)29-20-21-30-31-24-39-23-22-33(31)43(34(30)35(29)44)27-16-8-3-9-17-27/h1-9,12-17,20-24H,10-11,18-19H2. The molecule has 0 atom stereocenters. The van der Waals surface area contributed by atoms with Crippen molar-refractivity contribution >= 4 is 32.7 Å². The third kappa shape index (κ3) is 3.81. The largest absolute Gasteiger partial charge is 0.307 e. The lowest BCUT2D eigenvalue weighted by Crippen LogP contribution is -2.12. The molecule has 1 aliphatic rings. The summed E-state index contributed by atoms with van der Waals surface area (Å²) in [6, 6.07) is 37.7. The highest BCUT2D eigenvalue weighted by molar-refractivity contribution is 6.18. The number of hydrogen-bond acceptors (Lipinski definition) is 4. The number of rotatable bonds is 4. The molecule has 0 radical (unpaired) electrons. The maximum atomic E-state index is 5.21. The molecule has 0 aliphatic heterocycles. The number of para-hydroxylation sites is 1. The fourth-order valence-corrected chi connectivity index (χ4v) is 6.93. The van der Waals surface area contributed by atoms with Crippen LogP contribution in [0.25, 0.3) is 67.1 Å². The van der Waals surface area contributed by atoms with Gasteiger partial charge in [0.05, 0.1) is 16.6 Å². The van der Waals surface area contributed by atoms with Crippen LogP contribution in [0, 0.1) is 0 Å². The molecular weight excluding hydrogens is 540 g/mol. The SMILES string of the molecule is c1ccc(-c2nc(-c3ccccc3)nc(-n3c4c(c5ccc6c7cnccc7n(-c7ccccc7)c6c53)CCCC4)n2)cc1. The van der Waals surface area contributed by atoms with E-state index in [1.165, 1.54) is 28.5 Å². The van der Waals surface area contributed by atoms with Gasteiger partial charge in [-0.05, 0) is 49.4 Å². The number of fused-ring (bicyclic) bond motifs is 7. The number of aromatic nitrogens is 6. The summed E-state index contributed by atoms with van der Waals surface area (Å²) in [6.07, 6.45) is 8.20. The monoisotopic (exact) mass is 568 g/mol. The molecule has 6 heteroatoms. The van der Waals surface area contributed by atoms with Crippen LogP contribution in [0.15, 0.2) is 122 Å². The second-order valence-corrected chi connectivity index (χ2v) is 11.4. The van der Waals surface area contributed by atoms with Gasteiger partial charge in [0.2, 0.25) is 5.95 Å². The Morgan fingerprint density at radius 2 is 1.14 bits per heavy atom. The minimum absolute atomic E-state index is 0.654. The van der Waals surface area contributed by atoms with Crippen molar-refractivity contribution < 1.29 is 0 Å². The van der Waals surface area contributed by atoms with Crippen molar-refractivity contribution in [1.82, 2.24) is 29.1 Å². The highest BCUT2D eigenvalue weighted by atomic mass is 15.2. The Morgan fingerprint density at radius 3 is 1.84 bits per heavy atom. The fraction of sp³-hybridized carbons (Fsp3) is 0.105. The molecule has 9 rings (SSSR count). The van der Waals surface area contributed by atoms with E-state index in [9.17, 15) is 0 Å². The summed E-state index contributed by atoms with van der Waals surface area (Å²) in [5.41, 5.74) is 9.16. The van der Waals surface area contributed by atoms with Gasteiger partial charge in [-0.3, -0.25) is 9.55 Å². The smallest absolute Gasteiger partial charge is 0.238 e. The molecule has 0 saturated carbocycles. The van der Waals surface area contributed by atoms with E-state index in [0.29, 0.717) is 17.6 Å². The minimum atomic E-state index is 0.654. The number of benzene rings is 4. The second kappa shape index (κ2) is 9.99. The van der Waals surface area contributed by atoms with E-state index in [1.54, 1.807) is 0 Å². The van der Waals surface area contributed by atoms with E-state index >= 15 is 0 Å². The van der Waals surface area contributed by atoms with E-state index in [2.05, 4.69) is 86.9 Å². The van der Waals surface area contributed by atoms with Gasteiger partial charge in [0.25, 0.3) is 0 Å². The first-order chi connectivity index (χ1) is 21.8. The molecule has 0 unspecified atom stereocenters. The zero-order valence-corrected chi connectivity index (χ0v) is 24.1. The molecule has 210 valence electrons. The molecule has 4 heterocycles. The lowest BCUT2D eigenvalue weighted by atomic mass is 9.95. The van der Waals surface area contributed by atoms with Crippen LogP contribution in [0.4, 0.5) is 0 Å². The van der Waals surface area contributed by atoms with Gasteiger partial charge in [-0.15, -0.1) is 0 Å². The van der Waals surface area contributed by atoms with Crippen molar-refractivity contribution in [2.24, 2.45) is 0 Å². The van der Waals surface area contributed by atoms with Crippen LogP contribution in [0.2, 0.25) is 0 Å². The lowest BCUT2D eigenvalue weighted by molar-refractivity contribution is 0.661. The molecule has 0 saturated heterocycles. The van der Waals surface area contributed by atoms with Crippen LogP contribution in [0.5, 0.6) is 0 Å². The normalized spacial score (nSPS) is 13.1. The van der Waals surface area contributed by atoms with Gasteiger partial charge in [-0.2, -0.15) is 9.97 Å². The molecule has 0 bridgehead atoms. The highest BCUT2D eigenvalue weighted by Gasteiger charge is 2.27. The zero-order chi connectivity index (χ0) is 29.0. The summed E-state index contributed by atoms with van der Waals surface area (Å²) in [5.74, 6) is 1.99. The van der Waals surface area contributed by atoms with E-state index in [0.717, 1.165) is 58.0 Å². The minimum Gasteiger partial charge on any atom is -0.307 e. The van der Waals surface area contributed by atoms with Crippen LogP contribution in [-0.4, -0.2) is 29.1 Å². The third-order valence-electron chi connectivity index (χ3n) is 8.86. The Morgan fingerprint density at radius 1 is 0.523 bits per heavy atom. The van der Waals surface area contributed by atoms with E-state index in [-0.39, 0.29) is 0 Å². The molecule has 0 amide bonds. The topological polar surface area (TPSA) is 61.4 Å². The molecule has 4 aromatic heterocycles. The molecule has 1 aliphatic carbocycles. The summed E-state index contributed by atoms with van der Waals surface area (Å²) < 4.78 is 4.73. The molecule has 4 aromatic carbocycles. The number of pyridine rings is 1. The van der Waals surface area contributed by atoms with Gasteiger partial charge in [-0.1, -0.05) is 91.0 Å². The van der Waals surface area contributed by atoms with Crippen molar-refractivity contribution in [2.75, 3.05) is 0 Å². The Kier molecular flexibility index (Phi) is 5.66. The van der Waals surface area contributed by atoms with Crippen LogP contribution in [-0.2, 0) is 12.8 Å². The highest BCUT2D eigenvalue weighted by Crippen LogP contribution is 2.42. The van der Waals surface area contributed by atoms with Crippen molar-refractivity contribution in [3.8, 4) is 34.4 Å². The predicted molar refractivity (Wildman–Crippen MR) is 176 cm³/mol. The van der Waals surface area contributed by atoms with E-state index in [4.69, 9.17) is 15.0 Å². The lowest BCUT2D eigenvalue weighted by Gasteiger charge is -2.16. The van der Waals surface area contributed by atoms with Crippen LogP contribution in [0.1, 0.15) is 24.1 Å². The molecule has 8 aromatic rings. The van der Waals surface area contributed by atoms with Crippen molar-refractivity contribution in [3.63, 3.8) is 0 Å². The van der Waals surface area contributed by atoms with Gasteiger partial charge < -0.3 is 4.57 Å². The Labute approximate surface area is 254 Å². The molecule has 0 N–H and O–H groups in total. The summed E-state index contributed by atoms with van der Waals surface area (Å²) in [4.78, 5) is 19.9. The number of aryl methyl sites for hydroxylation is 1. The van der Waals surface area contributed by atoms with Crippen molar-refractivity contribution in [3.05, 3.63) is 133 Å². The van der Waals surface area contributed by atoms with Crippen LogP contribution >= 0.6 is 0 Å². The second-order valence-electron chi connectivity index (χ2n) is 11.4. The Hall–Kier alpha value is -5.62. The third-order valence-corrected chi connectivity index (χ3v) is 8.86. The van der Waals surface area contributed by atoms with Gasteiger partial charge in [-0.25, -0.2) is 4.98 Å². The Balaban J connectivity index is 1.45. The quantitative estimate of drug-likeness (QED) is 0.214. The molecule has 0 spiro atoms. The maximum Gasteiger partial charge on any atom is 0.238 e. The van der Waals surface area contributed by atoms with Crippen LogP contribution in [0.3, 0.4) is 0 Å². The summed E-state index contributed by atoms with van der Waals surface area (Å²) in [5, 5.41) is 3.56. The first-order valence-corrected chi connectivity index (χ1v) is 15.2. The average Bonchev–Trinajstić information content (AvgIpc) is 3.62. The van der Waals surface area contributed by atoms with Gasteiger partial charge in [0.1, 0.15) is 0 Å². The van der Waals surface area contributed by atoms with Crippen molar-refractivity contribution in [1.29, 1.82) is 0 Å². The molecule has 6 nitrogen and oxygen atoms in total. The fourth-order valence-electron chi connectivity index (χ4n) is 6.93. The summed E-state index contributed by atoms with van der Waals surface area (Å²) >= 11 is 0. The summed E-state index contributed by atoms with van der Waals surface area (Å²) in [7, 11) is 0. The first-order valence-electron chi connectivity index (χ1n) is 15.2. The number of nitrogens with zero attached hydrogens (tertiary/aromatic N) is 6. The molecular formula is C38H28N6. The van der Waals surface area contributed by atoms with E-state index in [1.807, 2.05) is 48.8 Å². The Bertz CT molecular complexity index is 2260. The van der Waals surface area contributed by atoms with Gasteiger partial charge in [0.15, 0.2) is 11.6 Å². The predicted octanol–water partition coefficient (Wildman–Crippen LogP) is 8.52. The maximum absolute atomic E-state index is 5.21. The van der Waals surface area contributed by atoms with Crippen molar-refractivity contribution in [2.45, 2.75) is 25.7 Å². The van der Waals surface area contributed by atoms with E-state index < -0.39 is 0 Å².